The summed E-state index contributed by atoms with van der Waals surface area (Å²) < 4.78 is 2.21. The second kappa shape index (κ2) is 4.69. The maximum Gasteiger partial charge on any atom is 0.127 e. The number of hydrogen-bond acceptors (Lipinski definition) is 3. The van der Waals surface area contributed by atoms with E-state index in [4.69, 9.17) is 5.11 Å². The first-order chi connectivity index (χ1) is 8.40. The van der Waals surface area contributed by atoms with Crippen LogP contribution >= 0.6 is 0 Å². The van der Waals surface area contributed by atoms with E-state index in [9.17, 15) is 0 Å². The maximum absolute atomic E-state index is 8.91. The summed E-state index contributed by atoms with van der Waals surface area (Å²) >= 11 is 0. The predicted octanol–water partition coefficient (Wildman–Crippen LogP) is 1.96. The van der Waals surface area contributed by atoms with Gasteiger partial charge in [-0.1, -0.05) is 12.8 Å². The van der Waals surface area contributed by atoms with Crippen LogP contribution in [0.1, 0.15) is 43.7 Å². The molecule has 2 atom stereocenters. The van der Waals surface area contributed by atoms with E-state index in [-0.39, 0.29) is 6.61 Å². The van der Waals surface area contributed by atoms with Crippen molar-refractivity contribution >= 4 is 5.82 Å². The molecular weight excluding hydrogens is 214 g/mol. The minimum Gasteiger partial charge on any atom is -0.396 e. The molecule has 1 saturated carbocycles. The summed E-state index contributed by atoms with van der Waals surface area (Å²) in [4.78, 5) is 0. The molecule has 0 radical (unpaired) electrons. The third-order valence-corrected chi connectivity index (χ3v) is 4.19. The third kappa shape index (κ3) is 1.95. The SMILES string of the molecule is OCCCc1cnn2c1NCC1CCCCC12. The second-order valence-electron chi connectivity index (χ2n) is 5.28. The molecule has 0 spiro atoms. The number of aliphatic hydroxyl groups excluding tert-OH is 1. The first-order valence-corrected chi connectivity index (χ1v) is 6.81. The van der Waals surface area contributed by atoms with Gasteiger partial charge in [0.2, 0.25) is 0 Å². The fourth-order valence-electron chi connectivity index (χ4n) is 3.27. The van der Waals surface area contributed by atoms with Crippen molar-refractivity contribution in [2.75, 3.05) is 18.5 Å². The lowest BCUT2D eigenvalue weighted by Gasteiger charge is -2.37. The van der Waals surface area contributed by atoms with E-state index in [1.165, 1.54) is 37.1 Å². The highest BCUT2D eigenvalue weighted by atomic mass is 16.2. The Labute approximate surface area is 102 Å². The molecule has 0 amide bonds. The van der Waals surface area contributed by atoms with Gasteiger partial charge in [-0.25, -0.2) is 4.68 Å². The van der Waals surface area contributed by atoms with Crippen molar-refractivity contribution in [3.05, 3.63) is 11.8 Å². The lowest BCUT2D eigenvalue weighted by Crippen LogP contribution is -2.35. The Balaban J connectivity index is 1.83. The molecule has 2 unspecified atom stereocenters. The van der Waals surface area contributed by atoms with E-state index in [1.54, 1.807) is 0 Å². The topological polar surface area (TPSA) is 50.1 Å². The summed E-state index contributed by atoms with van der Waals surface area (Å²) in [6.45, 7) is 1.36. The molecular formula is C13H21N3O. The van der Waals surface area contributed by atoms with E-state index in [1.807, 2.05) is 6.20 Å². The second-order valence-corrected chi connectivity index (χ2v) is 5.28. The number of fused-ring (bicyclic) bond motifs is 3. The first-order valence-electron chi connectivity index (χ1n) is 6.81. The van der Waals surface area contributed by atoms with Gasteiger partial charge in [0.25, 0.3) is 0 Å². The van der Waals surface area contributed by atoms with Gasteiger partial charge in [0.1, 0.15) is 5.82 Å². The zero-order valence-corrected chi connectivity index (χ0v) is 10.2. The molecule has 1 fully saturated rings. The van der Waals surface area contributed by atoms with E-state index in [2.05, 4.69) is 15.1 Å². The van der Waals surface area contributed by atoms with Crippen molar-refractivity contribution in [1.29, 1.82) is 0 Å². The molecule has 4 heteroatoms. The van der Waals surface area contributed by atoms with Crippen molar-refractivity contribution < 1.29 is 5.11 Å². The van der Waals surface area contributed by atoms with Crippen LogP contribution < -0.4 is 5.32 Å². The Kier molecular flexibility index (Phi) is 3.05. The summed E-state index contributed by atoms with van der Waals surface area (Å²) in [6, 6.07) is 0.614. The largest absolute Gasteiger partial charge is 0.396 e. The van der Waals surface area contributed by atoms with Gasteiger partial charge in [-0.05, 0) is 31.6 Å². The molecule has 0 saturated heterocycles. The Hall–Kier alpha value is -1.03. The molecule has 0 bridgehead atoms. The highest BCUT2D eigenvalue weighted by Crippen LogP contribution is 2.39. The van der Waals surface area contributed by atoms with Crippen molar-refractivity contribution in [2.45, 2.75) is 44.6 Å². The average Bonchev–Trinajstić information content (AvgIpc) is 2.80. The van der Waals surface area contributed by atoms with E-state index in [0.29, 0.717) is 6.04 Å². The maximum atomic E-state index is 8.91. The minimum atomic E-state index is 0.261. The summed E-state index contributed by atoms with van der Waals surface area (Å²) in [7, 11) is 0. The van der Waals surface area contributed by atoms with Crippen LogP contribution in [0.15, 0.2) is 6.20 Å². The Morgan fingerprint density at radius 2 is 2.29 bits per heavy atom. The molecule has 2 heterocycles. The Bertz CT molecular complexity index is 388. The fraction of sp³-hybridized carbons (Fsp3) is 0.769. The number of aliphatic hydroxyl groups is 1. The fourth-order valence-corrected chi connectivity index (χ4v) is 3.27. The smallest absolute Gasteiger partial charge is 0.127 e. The molecule has 94 valence electrons. The summed E-state index contributed by atoms with van der Waals surface area (Å²) in [5.74, 6) is 1.98. The quantitative estimate of drug-likeness (QED) is 0.842. The Morgan fingerprint density at radius 3 is 3.18 bits per heavy atom. The van der Waals surface area contributed by atoms with Crippen LogP contribution in [0.4, 0.5) is 5.82 Å². The number of aryl methyl sites for hydroxylation is 1. The van der Waals surface area contributed by atoms with Gasteiger partial charge < -0.3 is 10.4 Å². The van der Waals surface area contributed by atoms with Crippen LogP contribution in [0.5, 0.6) is 0 Å². The van der Waals surface area contributed by atoms with Crippen molar-refractivity contribution in [2.24, 2.45) is 5.92 Å². The lowest BCUT2D eigenvalue weighted by atomic mass is 9.83. The van der Waals surface area contributed by atoms with Gasteiger partial charge in [0, 0.05) is 18.7 Å². The predicted molar refractivity (Wildman–Crippen MR) is 67.1 cm³/mol. The zero-order valence-electron chi connectivity index (χ0n) is 10.2. The number of rotatable bonds is 3. The summed E-state index contributed by atoms with van der Waals surface area (Å²) in [6.07, 6.45) is 9.06. The van der Waals surface area contributed by atoms with Crippen LogP contribution in [0.2, 0.25) is 0 Å². The van der Waals surface area contributed by atoms with Crippen LogP contribution in [-0.2, 0) is 6.42 Å². The number of aromatic nitrogens is 2. The molecule has 2 aliphatic rings. The number of hydrogen-bond donors (Lipinski definition) is 2. The van der Waals surface area contributed by atoms with E-state index >= 15 is 0 Å². The number of nitrogens with zero attached hydrogens (tertiary/aromatic N) is 2. The van der Waals surface area contributed by atoms with Gasteiger partial charge in [-0.2, -0.15) is 5.10 Å². The third-order valence-electron chi connectivity index (χ3n) is 4.19. The summed E-state index contributed by atoms with van der Waals surface area (Å²) in [5.41, 5.74) is 1.27. The number of nitrogens with one attached hydrogen (secondary N) is 1. The number of anilines is 1. The summed E-state index contributed by atoms with van der Waals surface area (Å²) in [5, 5.41) is 17.0. The van der Waals surface area contributed by atoms with Crippen LogP contribution in [0.3, 0.4) is 0 Å². The highest BCUT2D eigenvalue weighted by Gasteiger charge is 2.32. The lowest BCUT2D eigenvalue weighted by molar-refractivity contribution is 0.222. The average molecular weight is 235 g/mol. The van der Waals surface area contributed by atoms with Crippen LogP contribution in [0, 0.1) is 5.92 Å². The van der Waals surface area contributed by atoms with Gasteiger partial charge in [-0.3, -0.25) is 0 Å². The minimum absolute atomic E-state index is 0.261. The normalized spacial score (nSPS) is 27.1. The molecule has 1 aliphatic carbocycles. The van der Waals surface area contributed by atoms with E-state index in [0.717, 1.165) is 25.3 Å². The standard InChI is InChI=1S/C13H21N3O/c17-7-3-5-11-9-15-16-12-6-2-1-4-10(12)8-14-13(11)16/h9-10,12,14,17H,1-8H2. The molecule has 4 nitrogen and oxygen atoms in total. The molecule has 1 aromatic rings. The van der Waals surface area contributed by atoms with Crippen molar-refractivity contribution in [3.63, 3.8) is 0 Å². The molecule has 2 N–H and O–H groups in total. The van der Waals surface area contributed by atoms with Gasteiger partial charge in [0.15, 0.2) is 0 Å². The zero-order chi connectivity index (χ0) is 11.7. The first kappa shape index (κ1) is 11.1. The Morgan fingerprint density at radius 1 is 1.41 bits per heavy atom. The van der Waals surface area contributed by atoms with Crippen molar-refractivity contribution in [3.8, 4) is 0 Å². The van der Waals surface area contributed by atoms with Crippen molar-refractivity contribution in [1.82, 2.24) is 9.78 Å². The van der Waals surface area contributed by atoms with Gasteiger partial charge in [0.05, 0.1) is 12.2 Å². The monoisotopic (exact) mass is 235 g/mol. The molecule has 17 heavy (non-hydrogen) atoms. The van der Waals surface area contributed by atoms with Gasteiger partial charge >= 0.3 is 0 Å². The van der Waals surface area contributed by atoms with Crippen LogP contribution in [-0.4, -0.2) is 28.0 Å². The molecule has 1 aromatic heterocycles. The molecule has 0 aromatic carbocycles. The van der Waals surface area contributed by atoms with E-state index < -0.39 is 0 Å². The molecule has 1 aliphatic heterocycles. The van der Waals surface area contributed by atoms with Gasteiger partial charge in [-0.15, -0.1) is 0 Å². The molecule has 3 rings (SSSR count). The highest BCUT2D eigenvalue weighted by molar-refractivity contribution is 5.46. The van der Waals surface area contributed by atoms with Crippen LogP contribution in [0.25, 0.3) is 0 Å².